The fourth-order valence-electron chi connectivity index (χ4n) is 3.23. The van der Waals surface area contributed by atoms with Crippen molar-refractivity contribution in [3.8, 4) is 0 Å². The second kappa shape index (κ2) is 4.57. The van der Waals surface area contributed by atoms with Gasteiger partial charge in [0.1, 0.15) is 5.82 Å². The molecule has 1 saturated carbocycles. The molecular formula is C14H16FNOS. The first-order valence-electron chi connectivity index (χ1n) is 6.43. The van der Waals surface area contributed by atoms with Gasteiger partial charge in [-0.3, -0.25) is 4.79 Å². The Morgan fingerprint density at radius 3 is 2.56 bits per heavy atom. The molecule has 1 heterocycles. The maximum Gasteiger partial charge on any atom is 0.253 e. The zero-order valence-corrected chi connectivity index (χ0v) is 11.0. The van der Waals surface area contributed by atoms with Gasteiger partial charge in [-0.1, -0.05) is 6.42 Å². The molecule has 18 heavy (non-hydrogen) atoms. The third-order valence-corrected chi connectivity index (χ3v) is 4.55. The van der Waals surface area contributed by atoms with Crippen molar-refractivity contribution in [2.24, 2.45) is 11.8 Å². The van der Waals surface area contributed by atoms with Gasteiger partial charge in [-0.05, 0) is 42.9 Å². The molecule has 0 bridgehead atoms. The van der Waals surface area contributed by atoms with Crippen LogP contribution in [0.1, 0.15) is 29.6 Å². The van der Waals surface area contributed by atoms with Crippen molar-refractivity contribution in [2.75, 3.05) is 13.1 Å². The van der Waals surface area contributed by atoms with E-state index in [0.717, 1.165) is 13.1 Å². The number of halogens is 1. The zero-order chi connectivity index (χ0) is 12.7. The highest BCUT2D eigenvalue weighted by atomic mass is 32.1. The van der Waals surface area contributed by atoms with Crippen LogP contribution in [-0.2, 0) is 0 Å². The van der Waals surface area contributed by atoms with Gasteiger partial charge < -0.3 is 4.90 Å². The molecule has 1 aliphatic heterocycles. The zero-order valence-electron chi connectivity index (χ0n) is 10.1. The Morgan fingerprint density at radius 1 is 1.28 bits per heavy atom. The predicted octanol–water partition coefficient (Wildman–Crippen LogP) is 2.99. The molecule has 0 N–H and O–H groups in total. The number of hydrogen-bond donors (Lipinski definition) is 1. The van der Waals surface area contributed by atoms with Gasteiger partial charge in [0.05, 0.1) is 0 Å². The van der Waals surface area contributed by atoms with E-state index in [2.05, 4.69) is 12.6 Å². The number of rotatable bonds is 1. The van der Waals surface area contributed by atoms with Crippen LogP contribution in [0.5, 0.6) is 0 Å². The van der Waals surface area contributed by atoms with Gasteiger partial charge in [0, 0.05) is 23.5 Å². The number of carbonyl (C=O) groups is 1. The average molecular weight is 265 g/mol. The molecule has 1 aromatic carbocycles. The molecule has 2 atom stereocenters. The summed E-state index contributed by atoms with van der Waals surface area (Å²) < 4.78 is 13.1. The summed E-state index contributed by atoms with van der Waals surface area (Å²) in [5.74, 6) is 1.00. The van der Waals surface area contributed by atoms with E-state index in [0.29, 0.717) is 17.4 Å². The Labute approximate surface area is 112 Å². The average Bonchev–Trinajstić information content (AvgIpc) is 2.92. The quantitative estimate of drug-likeness (QED) is 0.774. The summed E-state index contributed by atoms with van der Waals surface area (Å²) in [7, 11) is 0. The lowest BCUT2D eigenvalue weighted by atomic mass is 10.0. The van der Waals surface area contributed by atoms with Crippen LogP contribution in [0.4, 0.5) is 4.39 Å². The number of likely N-dealkylation sites (tertiary alicyclic amines) is 1. The van der Waals surface area contributed by atoms with Crippen molar-refractivity contribution in [2.45, 2.75) is 24.2 Å². The second-order valence-corrected chi connectivity index (χ2v) is 5.81. The number of fused-ring (bicyclic) bond motifs is 1. The van der Waals surface area contributed by atoms with E-state index in [4.69, 9.17) is 0 Å². The third-order valence-electron chi connectivity index (χ3n) is 4.21. The van der Waals surface area contributed by atoms with Gasteiger partial charge in [-0.2, -0.15) is 0 Å². The molecule has 4 heteroatoms. The molecule has 2 nitrogen and oxygen atoms in total. The lowest BCUT2D eigenvalue weighted by molar-refractivity contribution is 0.0780. The van der Waals surface area contributed by atoms with Crippen molar-refractivity contribution >= 4 is 18.5 Å². The third kappa shape index (κ3) is 2.03. The maximum atomic E-state index is 13.1. The summed E-state index contributed by atoms with van der Waals surface area (Å²) in [6.07, 6.45) is 3.79. The SMILES string of the molecule is O=C(c1ccc(F)c(S)c1)N1CC2CCCC2C1. The molecule has 2 unspecified atom stereocenters. The molecular weight excluding hydrogens is 249 g/mol. The Hall–Kier alpha value is -1.03. The van der Waals surface area contributed by atoms with Crippen molar-refractivity contribution in [3.05, 3.63) is 29.6 Å². The number of nitrogens with zero attached hydrogens (tertiary/aromatic N) is 1. The highest BCUT2D eigenvalue weighted by Gasteiger charge is 2.38. The molecule has 3 rings (SSSR count). The van der Waals surface area contributed by atoms with Crippen molar-refractivity contribution < 1.29 is 9.18 Å². The summed E-state index contributed by atoms with van der Waals surface area (Å²) in [5, 5.41) is 0. The highest BCUT2D eigenvalue weighted by Crippen LogP contribution is 2.38. The van der Waals surface area contributed by atoms with Crippen LogP contribution in [-0.4, -0.2) is 23.9 Å². The number of amides is 1. The minimum Gasteiger partial charge on any atom is -0.338 e. The van der Waals surface area contributed by atoms with E-state index in [1.165, 1.54) is 31.4 Å². The van der Waals surface area contributed by atoms with Crippen molar-refractivity contribution in [3.63, 3.8) is 0 Å². The van der Waals surface area contributed by atoms with Crippen LogP contribution >= 0.6 is 12.6 Å². The largest absolute Gasteiger partial charge is 0.338 e. The minimum atomic E-state index is -0.381. The van der Waals surface area contributed by atoms with E-state index in [1.807, 2.05) is 4.90 Å². The second-order valence-electron chi connectivity index (χ2n) is 5.33. The number of carbonyl (C=O) groups excluding carboxylic acids is 1. The standard InChI is InChI=1S/C14H16FNOS/c15-12-5-4-9(6-13(12)18)14(17)16-7-10-2-1-3-11(10)8-16/h4-6,10-11,18H,1-3,7-8H2. The van der Waals surface area contributed by atoms with Crippen LogP contribution in [0.15, 0.2) is 23.1 Å². The van der Waals surface area contributed by atoms with E-state index in [9.17, 15) is 9.18 Å². The molecule has 96 valence electrons. The monoisotopic (exact) mass is 265 g/mol. The normalized spacial score (nSPS) is 26.4. The Morgan fingerprint density at radius 2 is 1.94 bits per heavy atom. The first-order chi connectivity index (χ1) is 8.65. The van der Waals surface area contributed by atoms with Gasteiger partial charge in [-0.15, -0.1) is 12.6 Å². The molecule has 2 aliphatic rings. The molecule has 1 aliphatic carbocycles. The predicted molar refractivity (Wildman–Crippen MR) is 70.4 cm³/mol. The first kappa shape index (κ1) is 12.0. The molecule has 1 saturated heterocycles. The van der Waals surface area contributed by atoms with Gasteiger partial charge >= 0.3 is 0 Å². The molecule has 0 aromatic heterocycles. The van der Waals surface area contributed by atoms with Crippen molar-refractivity contribution in [1.29, 1.82) is 0 Å². The smallest absolute Gasteiger partial charge is 0.253 e. The topological polar surface area (TPSA) is 20.3 Å². The molecule has 0 radical (unpaired) electrons. The highest BCUT2D eigenvalue weighted by molar-refractivity contribution is 7.80. The van der Waals surface area contributed by atoms with Gasteiger partial charge in [-0.25, -0.2) is 4.39 Å². The summed E-state index contributed by atoms with van der Waals surface area (Å²) in [5.41, 5.74) is 0.543. The van der Waals surface area contributed by atoms with Gasteiger partial charge in [0.15, 0.2) is 0 Å². The van der Waals surface area contributed by atoms with Gasteiger partial charge in [0.2, 0.25) is 0 Å². The number of thiol groups is 1. The molecule has 1 aromatic rings. The Bertz CT molecular complexity index is 479. The van der Waals surface area contributed by atoms with Crippen LogP contribution in [0.25, 0.3) is 0 Å². The maximum absolute atomic E-state index is 13.1. The fraction of sp³-hybridized carbons (Fsp3) is 0.500. The van der Waals surface area contributed by atoms with Gasteiger partial charge in [0.25, 0.3) is 5.91 Å². The lowest BCUT2D eigenvalue weighted by Gasteiger charge is -2.17. The molecule has 0 spiro atoms. The first-order valence-corrected chi connectivity index (χ1v) is 6.87. The minimum absolute atomic E-state index is 0.0136. The van der Waals surface area contributed by atoms with Crippen LogP contribution < -0.4 is 0 Å². The number of benzene rings is 1. The van der Waals surface area contributed by atoms with E-state index < -0.39 is 0 Å². The van der Waals surface area contributed by atoms with E-state index in [1.54, 1.807) is 6.07 Å². The van der Waals surface area contributed by atoms with Crippen molar-refractivity contribution in [1.82, 2.24) is 4.90 Å². The summed E-state index contributed by atoms with van der Waals surface area (Å²) in [6.45, 7) is 1.73. The van der Waals surface area contributed by atoms with Crippen LogP contribution in [0.3, 0.4) is 0 Å². The Balaban J connectivity index is 1.77. The molecule has 2 fully saturated rings. The van der Waals surface area contributed by atoms with E-state index >= 15 is 0 Å². The summed E-state index contributed by atoms with van der Waals surface area (Å²) in [6, 6.07) is 4.38. The molecule has 1 amide bonds. The van der Waals surface area contributed by atoms with Crippen LogP contribution in [0, 0.1) is 17.7 Å². The summed E-state index contributed by atoms with van der Waals surface area (Å²) >= 11 is 4.02. The lowest BCUT2D eigenvalue weighted by Crippen LogP contribution is -2.29. The Kier molecular flexibility index (Phi) is 3.06. The van der Waals surface area contributed by atoms with E-state index in [-0.39, 0.29) is 16.6 Å². The fourth-order valence-corrected chi connectivity index (χ4v) is 3.44. The summed E-state index contributed by atoms with van der Waals surface area (Å²) in [4.78, 5) is 14.5. The van der Waals surface area contributed by atoms with Crippen LogP contribution in [0.2, 0.25) is 0 Å². The number of hydrogen-bond acceptors (Lipinski definition) is 2.